The van der Waals surface area contributed by atoms with Crippen molar-refractivity contribution in [2.24, 2.45) is 5.41 Å². The molecule has 1 aromatic heterocycles. The van der Waals surface area contributed by atoms with Crippen LogP contribution < -0.4 is 11.1 Å². The molecule has 1 heterocycles. The van der Waals surface area contributed by atoms with E-state index in [1.165, 1.54) is 0 Å². The Morgan fingerprint density at radius 1 is 1.47 bits per heavy atom. The molecule has 0 atom stereocenters. The van der Waals surface area contributed by atoms with Crippen LogP contribution in [0.1, 0.15) is 30.8 Å². The molecule has 0 aliphatic rings. The fourth-order valence-corrected chi connectivity index (χ4v) is 1.45. The van der Waals surface area contributed by atoms with Gasteiger partial charge in [0.05, 0.1) is 0 Å². The lowest BCUT2D eigenvalue weighted by molar-refractivity contribution is 0.0916. The molecule has 0 aliphatic carbocycles. The molecule has 0 spiro atoms. The summed E-state index contributed by atoms with van der Waals surface area (Å²) in [5.74, 6) is 0.147. The van der Waals surface area contributed by atoms with Crippen LogP contribution in [0.25, 0.3) is 0 Å². The van der Waals surface area contributed by atoms with Gasteiger partial charge in [0.1, 0.15) is 11.5 Å². The molecule has 0 saturated carbocycles. The minimum Gasteiger partial charge on any atom is -0.385 e. The van der Waals surface area contributed by atoms with Crippen LogP contribution >= 0.6 is 12.4 Å². The van der Waals surface area contributed by atoms with E-state index in [1.807, 2.05) is 0 Å². The van der Waals surface area contributed by atoms with Crippen molar-refractivity contribution in [1.82, 2.24) is 10.3 Å². The Labute approximate surface area is 120 Å². The number of halogens is 1. The van der Waals surface area contributed by atoms with E-state index in [-0.39, 0.29) is 23.7 Å². The maximum Gasteiger partial charge on any atom is 0.269 e. The van der Waals surface area contributed by atoms with Crippen LogP contribution in [0.2, 0.25) is 0 Å². The summed E-state index contributed by atoms with van der Waals surface area (Å²) in [6, 6.07) is 5.01. The molecule has 0 unspecified atom stereocenters. The Morgan fingerprint density at radius 3 is 2.74 bits per heavy atom. The Hall–Kier alpha value is -1.33. The standard InChI is InChI=1S/C13H21N3O2.ClH/c1-13(2,7-8-18-3)9-15-12(17)10-5-4-6-11(14)16-10;/h4-6H,7-9H2,1-3H3,(H2,14,16)(H,15,17);1H. The molecule has 0 saturated heterocycles. The van der Waals surface area contributed by atoms with Crippen LogP contribution in [-0.2, 0) is 4.74 Å². The van der Waals surface area contributed by atoms with Gasteiger partial charge in [0.15, 0.2) is 0 Å². The first kappa shape index (κ1) is 17.7. The fourth-order valence-electron chi connectivity index (χ4n) is 1.45. The lowest BCUT2D eigenvalue weighted by Gasteiger charge is -2.24. The highest BCUT2D eigenvalue weighted by molar-refractivity contribution is 5.92. The molecule has 3 N–H and O–H groups in total. The monoisotopic (exact) mass is 287 g/mol. The second-order valence-electron chi connectivity index (χ2n) is 5.04. The number of nitrogen functional groups attached to an aromatic ring is 1. The van der Waals surface area contributed by atoms with E-state index in [4.69, 9.17) is 10.5 Å². The molecule has 0 radical (unpaired) electrons. The van der Waals surface area contributed by atoms with Gasteiger partial charge in [0.2, 0.25) is 0 Å². The van der Waals surface area contributed by atoms with Crippen LogP contribution in [-0.4, -0.2) is 31.2 Å². The Balaban J connectivity index is 0.00000324. The number of carbonyl (C=O) groups excluding carboxylic acids is 1. The molecule has 1 aromatic rings. The molecule has 0 fully saturated rings. The normalized spacial score (nSPS) is 10.7. The van der Waals surface area contributed by atoms with Crippen molar-refractivity contribution in [1.29, 1.82) is 0 Å². The van der Waals surface area contributed by atoms with Crippen LogP contribution in [0.3, 0.4) is 0 Å². The average Bonchev–Trinajstić information content (AvgIpc) is 2.34. The number of nitrogens with one attached hydrogen (secondary N) is 1. The summed E-state index contributed by atoms with van der Waals surface area (Å²) < 4.78 is 5.04. The van der Waals surface area contributed by atoms with Crippen molar-refractivity contribution in [3.63, 3.8) is 0 Å². The number of anilines is 1. The van der Waals surface area contributed by atoms with Crippen molar-refractivity contribution in [2.75, 3.05) is 26.0 Å². The number of nitrogens with two attached hydrogens (primary N) is 1. The maximum atomic E-state index is 11.9. The van der Waals surface area contributed by atoms with Gasteiger partial charge in [-0.3, -0.25) is 4.79 Å². The van der Waals surface area contributed by atoms with Crippen molar-refractivity contribution in [3.8, 4) is 0 Å². The second-order valence-corrected chi connectivity index (χ2v) is 5.04. The Bertz CT molecular complexity index is 411. The zero-order chi connectivity index (χ0) is 13.6. The smallest absolute Gasteiger partial charge is 0.269 e. The number of pyridine rings is 1. The van der Waals surface area contributed by atoms with Gasteiger partial charge in [0, 0.05) is 20.3 Å². The summed E-state index contributed by atoms with van der Waals surface area (Å²) >= 11 is 0. The van der Waals surface area contributed by atoms with Crippen LogP contribution in [0.15, 0.2) is 18.2 Å². The SMILES string of the molecule is COCCC(C)(C)CNC(=O)c1cccc(N)n1.Cl. The van der Waals surface area contributed by atoms with Gasteiger partial charge in [-0.2, -0.15) is 0 Å². The number of hydrogen-bond acceptors (Lipinski definition) is 4. The summed E-state index contributed by atoms with van der Waals surface area (Å²) in [6.45, 7) is 5.42. The predicted octanol–water partition coefficient (Wildman–Crippen LogP) is 1.88. The number of amides is 1. The topological polar surface area (TPSA) is 77.2 Å². The highest BCUT2D eigenvalue weighted by atomic mass is 35.5. The molecular formula is C13H22ClN3O2. The zero-order valence-corrected chi connectivity index (χ0v) is 12.4. The van der Waals surface area contributed by atoms with Crippen molar-refractivity contribution in [3.05, 3.63) is 23.9 Å². The van der Waals surface area contributed by atoms with Gasteiger partial charge in [-0.25, -0.2) is 4.98 Å². The van der Waals surface area contributed by atoms with Gasteiger partial charge >= 0.3 is 0 Å². The molecule has 0 aromatic carbocycles. The van der Waals surface area contributed by atoms with Gasteiger partial charge in [-0.1, -0.05) is 19.9 Å². The summed E-state index contributed by atoms with van der Waals surface area (Å²) in [5.41, 5.74) is 5.87. The molecule has 6 heteroatoms. The number of methoxy groups -OCH3 is 1. The van der Waals surface area contributed by atoms with E-state index >= 15 is 0 Å². The molecule has 5 nitrogen and oxygen atoms in total. The minimum atomic E-state index is -0.201. The van der Waals surface area contributed by atoms with E-state index in [2.05, 4.69) is 24.1 Å². The van der Waals surface area contributed by atoms with Gasteiger partial charge in [-0.05, 0) is 24.0 Å². The number of carbonyl (C=O) groups is 1. The van der Waals surface area contributed by atoms with E-state index in [9.17, 15) is 4.79 Å². The number of hydrogen-bond donors (Lipinski definition) is 2. The first-order valence-corrected chi connectivity index (χ1v) is 5.94. The van der Waals surface area contributed by atoms with Crippen LogP contribution in [0.4, 0.5) is 5.82 Å². The molecule has 1 amide bonds. The summed E-state index contributed by atoms with van der Waals surface area (Å²) in [6.07, 6.45) is 0.883. The number of rotatable bonds is 6. The van der Waals surface area contributed by atoms with Gasteiger partial charge in [0.25, 0.3) is 5.91 Å². The first-order valence-electron chi connectivity index (χ1n) is 5.94. The van der Waals surface area contributed by atoms with E-state index in [0.29, 0.717) is 24.7 Å². The summed E-state index contributed by atoms with van der Waals surface area (Å²) in [7, 11) is 1.67. The highest BCUT2D eigenvalue weighted by Crippen LogP contribution is 2.18. The van der Waals surface area contributed by atoms with Crippen molar-refractivity contribution in [2.45, 2.75) is 20.3 Å². The molecule has 108 valence electrons. The Morgan fingerprint density at radius 2 is 2.16 bits per heavy atom. The zero-order valence-electron chi connectivity index (χ0n) is 11.6. The third-order valence-electron chi connectivity index (χ3n) is 2.71. The van der Waals surface area contributed by atoms with Gasteiger partial charge < -0.3 is 15.8 Å². The van der Waals surface area contributed by atoms with E-state index < -0.39 is 0 Å². The number of aromatic nitrogens is 1. The Kier molecular flexibility index (Phi) is 7.41. The molecule has 0 aliphatic heterocycles. The highest BCUT2D eigenvalue weighted by Gasteiger charge is 2.19. The van der Waals surface area contributed by atoms with Crippen LogP contribution in [0, 0.1) is 5.41 Å². The lowest BCUT2D eigenvalue weighted by atomic mass is 9.89. The minimum absolute atomic E-state index is 0. The van der Waals surface area contributed by atoms with Gasteiger partial charge in [-0.15, -0.1) is 12.4 Å². The summed E-state index contributed by atoms with van der Waals surface area (Å²) in [5, 5.41) is 2.86. The third kappa shape index (κ3) is 6.40. The van der Waals surface area contributed by atoms with E-state index in [0.717, 1.165) is 6.42 Å². The van der Waals surface area contributed by atoms with Crippen LogP contribution in [0.5, 0.6) is 0 Å². The third-order valence-corrected chi connectivity index (χ3v) is 2.71. The maximum absolute atomic E-state index is 11.9. The summed E-state index contributed by atoms with van der Waals surface area (Å²) in [4.78, 5) is 15.8. The molecule has 1 rings (SSSR count). The number of nitrogens with zero attached hydrogens (tertiary/aromatic N) is 1. The molecule has 0 bridgehead atoms. The van der Waals surface area contributed by atoms with Crippen molar-refractivity contribution >= 4 is 24.1 Å². The first-order chi connectivity index (χ1) is 8.44. The fraction of sp³-hybridized carbons (Fsp3) is 0.538. The average molecular weight is 288 g/mol. The van der Waals surface area contributed by atoms with E-state index in [1.54, 1.807) is 25.3 Å². The molecular weight excluding hydrogens is 266 g/mol. The second kappa shape index (κ2) is 7.96. The van der Waals surface area contributed by atoms with Crippen molar-refractivity contribution < 1.29 is 9.53 Å². The molecule has 19 heavy (non-hydrogen) atoms. The predicted molar refractivity (Wildman–Crippen MR) is 78.5 cm³/mol. The quantitative estimate of drug-likeness (QED) is 0.837. The lowest BCUT2D eigenvalue weighted by Crippen LogP contribution is -2.35. The largest absolute Gasteiger partial charge is 0.385 e. The number of ether oxygens (including phenoxy) is 1.